The maximum absolute atomic E-state index is 5.87. The van der Waals surface area contributed by atoms with E-state index in [9.17, 15) is 0 Å². The second kappa shape index (κ2) is 16.5. The highest BCUT2D eigenvalue weighted by Gasteiger charge is 2.55. The van der Waals surface area contributed by atoms with Gasteiger partial charge < -0.3 is 0 Å². The Balaban J connectivity index is 0.866. The van der Waals surface area contributed by atoms with Crippen LogP contribution >= 0.6 is 0 Å². The first-order chi connectivity index (χ1) is 43.7. The fourth-order valence-electron chi connectivity index (χ4n) is 18.0. The number of rotatable bonds is 3. The highest BCUT2D eigenvalue weighted by Crippen LogP contribution is 2.67. The summed E-state index contributed by atoms with van der Waals surface area (Å²) < 4.78 is 2.38. The fourth-order valence-corrected chi connectivity index (χ4v) is 18.0. The summed E-state index contributed by atoms with van der Waals surface area (Å²) in [6.07, 6.45) is 0. The van der Waals surface area contributed by atoms with E-state index in [2.05, 4.69) is 296 Å². The first kappa shape index (κ1) is 47.0. The van der Waals surface area contributed by atoms with Gasteiger partial charge in [0.25, 0.3) is 0 Å². The minimum absolute atomic E-state index is 0.547. The number of hydrogen-bond donors (Lipinski definition) is 0. The lowest BCUT2D eigenvalue weighted by atomic mass is 9.70. The summed E-state index contributed by atoms with van der Waals surface area (Å²) in [4.78, 5) is 17.5. The van der Waals surface area contributed by atoms with Crippen LogP contribution in [0.3, 0.4) is 0 Å². The van der Waals surface area contributed by atoms with E-state index in [4.69, 9.17) is 15.0 Å². The van der Waals surface area contributed by atoms with Crippen LogP contribution in [-0.2, 0) is 16.2 Å². The van der Waals surface area contributed by atoms with Crippen molar-refractivity contribution in [1.29, 1.82) is 0 Å². The van der Waals surface area contributed by atoms with Gasteiger partial charge in [0.2, 0.25) is 5.95 Å². The molecule has 6 aliphatic carbocycles. The Labute approximate surface area is 508 Å². The fraction of sp³-hybridized carbons (Fsp3) is 0.0357. The molecule has 0 saturated heterocycles. The van der Waals surface area contributed by atoms with Crippen molar-refractivity contribution in [2.24, 2.45) is 0 Å². The predicted octanol–water partition coefficient (Wildman–Crippen LogP) is 19.3. The zero-order valence-electron chi connectivity index (χ0n) is 47.5. The molecule has 4 heteroatoms. The molecule has 4 nitrogen and oxygen atoms in total. The van der Waals surface area contributed by atoms with Crippen molar-refractivity contribution in [3.8, 4) is 95.5 Å². The largest absolute Gasteiger partial charge is 0.277 e. The van der Waals surface area contributed by atoms with Crippen LogP contribution in [-0.4, -0.2) is 19.5 Å². The summed E-state index contributed by atoms with van der Waals surface area (Å²) in [6.45, 7) is 0. The van der Waals surface area contributed by atoms with Gasteiger partial charge in [0.05, 0.1) is 27.3 Å². The summed E-state index contributed by atoms with van der Waals surface area (Å²) in [5, 5.41) is 2.29. The van der Waals surface area contributed by atoms with Gasteiger partial charge in [0, 0.05) is 27.5 Å². The quantitative estimate of drug-likeness (QED) is 0.177. The van der Waals surface area contributed by atoms with Gasteiger partial charge in [0.1, 0.15) is 0 Å². The second-order valence-corrected chi connectivity index (χ2v) is 24.7. The van der Waals surface area contributed by atoms with Crippen LogP contribution < -0.4 is 0 Å². The molecule has 0 saturated carbocycles. The molecule has 2 heterocycles. The minimum Gasteiger partial charge on any atom is -0.277 e. The zero-order valence-corrected chi connectivity index (χ0v) is 47.5. The summed E-state index contributed by atoms with van der Waals surface area (Å²) in [6, 6.07) is 109. The lowest BCUT2D eigenvalue weighted by Crippen LogP contribution is -2.26. The van der Waals surface area contributed by atoms with Crippen LogP contribution in [0.2, 0.25) is 0 Å². The molecule has 0 fully saturated rings. The Kier molecular flexibility index (Phi) is 8.83. The molecule has 88 heavy (non-hydrogen) atoms. The van der Waals surface area contributed by atoms with Crippen LogP contribution in [0, 0.1) is 0 Å². The van der Waals surface area contributed by atoms with Crippen molar-refractivity contribution in [2.75, 3.05) is 0 Å². The SMILES string of the molecule is c1ccc2c(c1)-c1ccccc1C21c2ccccc2-c2ccc(-c3nc(-c4ccc5c(c4)C4(c6ccccc6-c6ccccc64)c4ccccc4-5)nc(-n4c5ccccc5c5ccc6c(c54)-c4ccccc4C64c5ccccc5-c5ccccc54)n3)cc21. The number of hydrogen-bond acceptors (Lipinski definition) is 3. The van der Waals surface area contributed by atoms with Crippen LogP contribution in [0.4, 0.5) is 0 Å². The smallest absolute Gasteiger partial charge is 0.238 e. The van der Waals surface area contributed by atoms with E-state index in [1.165, 1.54) is 134 Å². The van der Waals surface area contributed by atoms with E-state index < -0.39 is 16.2 Å². The van der Waals surface area contributed by atoms with E-state index in [0.29, 0.717) is 17.6 Å². The lowest BCUT2D eigenvalue weighted by Gasteiger charge is -2.30. The standard InChI is InChI=1S/C84H48N4/c1-11-31-64-51(21-1)52-22-2-12-32-65(52)82(64)72-39-19-9-30-63(72)77-73(82)46-45-62-61-29-10-20-40-76(61)88(78(62)77)81-86-79(49-41-43-59-57-27-7-17-37-70(57)83(74(59)47-49)66-33-13-3-23-53(66)54-24-4-14-34-67(54)83)85-80(87-81)50-42-44-60-58-28-8-18-38-71(58)84(75(60)48-50)68-35-15-5-25-55(68)56-26-6-16-36-69(56)84/h1-48H. The molecule has 0 bridgehead atoms. The molecule has 0 radical (unpaired) electrons. The highest BCUT2D eigenvalue weighted by molar-refractivity contribution is 6.16. The Morgan fingerprint density at radius 2 is 0.534 bits per heavy atom. The van der Waals surface area contributed by atoms with Gasteiger partial charge in [-0.1, -0.05) is 273 Å². The molecule has 404 valence electrons. The van der Waals surface area contributed by atoms with E-state index >= 15 is 0 Å². The molecule has 0 aliphatic heterocycles. The second-order valence-electron chi connectivity index (χ2n) is 24.7. The highest BCUT2D eigenvalue weighted by atomic mass is 15.2. The first-order valence-electron chi connectivity index (χ1n) is 30.7. The molecular weight excluding hydrogens is 1060 g/mol. The maximum atomic E-state index is 5.87. The van der Waals surface area contributed by atoms with E-state index in [1.807, 2.05) is 0 Å². The van der Waals surface area contributed by atoms with Gasteiger partial charge in [-0.05, 0) is 146 Å². The van der Waals surface area contributed by atoms with Gasteiger partial charge in [-0.25, -0.2) is 4.98 Å². The van der Waals surface area contributed by atoms with E-state index in [0.717, 1.165) is 32.9 Å². The van der Waals surface area contributed by atoms with Crippen LogP contribution in [0.25, 0.3) is 117 Å². The lowest BCUT2D eigenvalue weighted by molar-refractivity contribution is 0.793. The zero-order chi connectivity index (χ0) is 57.2. The number of fused-ring (bicyclic) bond motifs is 34. The summed E-state index contributed by atoms with van der Waals surface area (Å²) in [5.74, 6) is 1.78. The van der Waals surface area contributed by atoms with E-state index in [1.54, 1.807) is 0 Å². The molecule has 0 amide bonds. The molecular formula is C84H48N4. The van der Waals surface area contributed by atoms with E-state index in [-0.39, 0.29) is 0 Å². The van der Waals surface area contributed by atoms with Gasteiger partial charge in [-0.15, -0.1) is 0 Å². The molecule has 2 aromatic heterocycles. The van der Waals surface area contributed by atoms with Crippen molar-refractivity contribution in [2.45, 2.75) is 16.2 Å². The third kappa shape index (κ3) is 5.41. The summed E-state index contributed by atoms with van der Waals surface area (Å²) >= 11 is 0. The van der Waals surface area contributed by atoms with Crippen molar-refractivity contribution < 1.29 is 0 Å². The topological polar surface area (TPSA) is 43.6 Å². The molecule has 13 aromatic carbocycles. The molecule has 0 N–H and O–H groups in total. The third-order valence-corrected chi connectivity index (χ3v) is 21.1. The third-order valence-electron chi connectivity index (χ3n) is 21.1. The maximum Gasteiger partial charge on any atom is 0.238 e. The number of aromatic nitrogens is 4. The van der Waals surface area contributed by atoms with Gasteiger partial charge >= 0.3 is 0 Å². The molecule has 3 spiro atoms. The average Bonchev–Trinajstić information content (AvgIpc) is 1.54. The Bertz CT molecular complexity index is 5290. The molecule has 21 rings (SSSR count). The van der Waals surface area contributed by atoms with Crippen molar-refractivity contribution >= 4 is 21.8 Å². The monoisotopic (exact) mass is 1110 g/mol. The molecule has 0 unspecified atom stereocenters. The molecule has 0 atom stereocenters. The molecule has 6 aliphatic rings. The number of nitrogens with zero attached hydrogens (tertiary/aromatic N) is 4. The van der Waals surface area contributed by atoms with Crippen molar-refractivity contribution in [3.63, 3.8) is 0 Å². The number of para-hydroxylation sites is 1. The van der Waals surface area contributed by atoms with Gasteiger partial charge in [-0.2, -0.15) is 9.97 Å². The summed E-state index contributed by atoms with van der Waals surface area (Å²) in [5.41, 5.74) is 32.7. The number of benzene rings is 13. The van der Waals surface area contributed by atoms with Gasteiger partial charge in [-0.3, -0.25) is 4.57 Å². The first-order valence-corrected chi connectivity index (χ1v) is 30.7. The molecule has 15 aromatic rings. The Morgan fingerprint density at radius 1 is 0.227 bits per heavy atom. The predicted molar refractivity (Wildman–Crippen MR) is 354 cm³/mol. The van der Waals surface area contributed by atoms with Crippen molar-refractivity contribution in [1.82, 2.24) is 19.5 Å². The Hall–Kier alpha value is -11.3. The van der Waals surface area contributed by atoms with Crippen LogP contribution in [0.1, 0.15) is 66.8 Å². The minimum atomic E-state index is -0.556. The Morgan fingerprint density at radius 3 is 0.920 bits per heavy atom. The summed E-state index contributed by atoms with van der Waals surface area (Å²) in [7, 11) is 0. The normalized spacial score (nSPS) is 14.9. The van der Waals surface area contributed by atoms with Crippen LogP contribution in [0.15, 0.2) is 291 Å². The van der Waals surface area contributed by atoms with Crippen molar-refractivity contribution in [3.05, 3.63) is 358 Å². The van der Waals surface area contributed by atoms with Crippen LogP contribution in [0.5, 0.6) is 0 Å². The average molecular weight is 1110 g/mol. The van der Waals surface area contributed by atoms with Gasteiger partial charge in [0.15, 0.2) is 11.6 Å².